The second kappa shape index (κ2) is 6.33. The maximum atomic E-state index is 9.55. The highest BCUT2D eigenvalue weighted by atomic mass is 16.4. The molecule has 6 nitrogen and oxygen atoms in total. The lowest BCUT2D eigenvalue weighted by Crippen LogP contribution is -1.91. The van der Waals surface area contributed by atoms with Crippen LogP contribution in [0.15, 0.2) is 55.0 Å². The van der Waals surface area contributed by atoms with Crippen LogP contribution < -0.4 is 0 Å². The molecule has 0 saturated carbocycles. The van der Waals surface area contributed by atoms with Crippen LogP contribution in [0.1, 0.15) is 0 Å². The van der Waals surface area contributed by atoms with Crippen LogP contribution in [-0.2, 0) is 9.59 Å². The number of rotatable bonds is 2. The summed E-state index contributed by atoms with van der Waals surface area (Å²) >= 11 is 0. The maximum Gasteiger partial charge on any atom is 0.328 e. The van der Waals surface area contributed by atoms with Crippen molar-refractivity contribution in [2.24, 2.45) is 0 Å². The van der Waals surface area contributed by atoms with E-state index < -0.39 is 11.9 Å². The third-order valence-electron chi connectivity index (χ3n) is 2.66. The summed E-state index contributed by atoms with van der Waals surface area (Å²) < 4.78 is 0. The van der Waals surface area contributed by atoms with Crippen LogP contribution in [0.25, 0.3) is 21.7 Å². The zero-order valence-corrected chi connectivity index (χ0v) is 10.9. The highest BCUT2D eigenvalue weighted by molar-refractivity contribution is 5.96. The van der Waals surface area contributed by atoms with Gasteiger partial charge in [-0.2, -0.15) is 0 Å². The van der Waals surface area contributed by atoms with Gasteiger partial charge in [0, 0.05) is 47.0 Å². The van der Waals surface area contributed by atoms with Gasteiger partial charge in [0.2, 0.25) is 0 Å². The number of carboxylic acid groups (broad SMARTS) is 2. The van der Waals surface area contributed by atoms with Crippen molar-refractivity contribution in [3.63, 3.8) is 0 Å². The molecule has 3 rings (SSSR count). The Kier molecular flexibility index (Phi) is 4.30. The minimum absolute atomic E-state index is 0.558. The van der Waals surface area contributed by atoms with Gasteiger partial charge in [0.1, 0.15) is 0 Å². The maximum absolute atomic E-state index is 9.55. The van der Waals surface area contributed by atoms with Gasteiger partial charge in [-0.25, -0.2) is 9.59 Å². The lowest BCUT2D eigenvalue weighted by Gasteiger charge is -1.97. The number of fused-ring (bicyclic) bond motifs is 2. The fourth-order valence-electron chi connectivity index (χ4n) is 1.77. The van der Waals surface area contributed by atoms with Crippen molar-refractivity contribution in [1.82, 2.24) is 9.97 Å². The number of H-pyrrole nitrogens is 1. The van der Waals surface area contributed by atoms with Gasteiger partial charge in [0.25, 0.3) is 0 Å². The Bertz CT molecular complexity index is 755. The SMILES string of the molecule is O=C(O)/C=C\C(=O)O.c1c[nH]c2cc3cncc3cc2c1. The van der Waals surface area contributed by atoms with E-state index in [1.165, 1.54) is 16.2 Å². The van der Waals surface area contributed by atoms with Crippen molar-refractivity contribution in [2.75, 3.05) is 0 Å². The Morgan fingerprint density at radius 3 is 2.24 bits per heavy atom. The van der Waals surface area contributed by atoms with E-state index in [0.717, 1.165) is 5.52 Å². The van der Waals surface area contributed by atoms with Crippen LogP contribution in [-0.4, -0.2) is 32.1 Å². The van der Waals surface area contributed by atoms with Crippen LogP contribution in [0.2, 0.25) is 0 Å². The smallest absolute Gasteiger partial charge is 0.328 e. The van der Waals surface area contributed by atoms with Crippen LogP contribution in [0.4, 0.5) is 0 Å². The molecule has 0 atom stereocenters. The summed E-state index contributed by atoms with van der Waals surface area (Å²) in [5.74, 6) is -2.51. The Morgan fingerprint density at radius 2 is 1.62 bits per heavy atom. The van der Waals surface area contributed by atoms with E-state index in [1.54, 1.807) is 0 Å². The first-order valence-electron chi connectivity index (χ1n) is 6.01. The molecule has 1 aromatic carbocycles. The number of carbonyl (C=O) groups is 2. The van der Waals surface area contributed by atoms with Gasteiger partial charge in [0.15, 0.2) is 0 Å². The second-order valence-electron chi connectivity index (χ2n) is 4.16. The molecule has 0 unspecified atom stereocenters. The van der Waals surface area contributed by atoms with Gasteiger partial charge in [-0.3, -0.25) is 4.98 Å². The average molecular weight is 284 g/mol. The number of nitrogens with zero attached hydrogens (tertiary/aromatic N) is 1. The lowest BCUT2D eigenvalue weighted by atomic mass is 10.1. The van der Waals surface area contributed by atoms with Crippen molar-refractivity contribution in [3.05, 3.63) is 55.0 Å². The molecular formula is C15H12N2O4. The van der Waals surface area contributed by atoms with E-state index in [1.807, 2.05) is 24.7 Å². The van der Waals surface area contributed by atoms with Crippen molar-refractivity contribution < 1.29 is 19.8 Å². The molecule has 0 amide bonds. The number of hydrogen-bond acceptors (Lipinski definition) is 3. The highest BCUT2D eigenvalue weighted by Gasteiger charge is 1.97. The molecule has 6 heteroatoms. The van der Waals surface area contributed by atoms with E-state index in [0.29, 0.717) is 12.2 Å². The van der Waals surface area contributed by atoms with Crippen molar-refractivity contribution >= 4 is 33.6 Å². The van der Waals surface area contributed by atoms with E-state index in [9.17, 15) is 9.59 Å². The fourth-order valence-corrected chi connectivity index (χ4v) is 1.77. The summed E-state index contributed by atoms with van der Waals surface area (Å²) in [6, 6.07) is 8.37. The van der Waals surface area contributed by atoms with Crippen molar-refractivity contribution in [2.45, 2.75) is 0 Å². The average Bonchev–Trinajstić information content (AvgIpc) is 2.90. The van der Waals surface area contributed by atoms with Crippen LogP contribution in [0.3, 0.4) is 0 Å². The summed E-state index contributed by atoms with van der Waals surface area (Å²) in [6.07, 6.45) is 6.83. The zero-order chi connectivity index (χ0) is 15.2. The minimum atomic E-state index is -1.26. The van der Waals surface area contributed by atoms with E-state index >= 15 is 0 Å². The molecule has 2 heterocycles. The Balaban J connectivity index is 0.000000177. The van der Waals surface area contributed by atoms with Gasteiger partial charge in [-0.15, -0.1) is 0 Å². The minimum Gasteiger partial charge on any atom is -0.478 e. The Labute approximate surface area is 119 Å². The molecule has 0 saturated heterocycles. The monoisotopic (exact) mass is 284 g/mol. The number of benzene rings is 1. The Morgan fingerprint density at radius 1 is 1.00 bits per heavy atom. The normalized spacial score (nSPS) is 10.5. The predicted molar refractivity (Wildman–Crippen MR) is 78.0 cm³/mol. The van der Waals surface area contributed by atoms with Gasteiger partial charge >= 0.3 is 11.9 Å². The summed E-state index contributed by atoms with van der Waals surface area (Å²) in [5, 5.41) is 19.2. The van der Waals surface area contributed by atoms with Crippen LogP contribution in [0, 0.1) is 0 Å². The molecule has 0 radical (unpaired) electrons. The summed E-state index contributed by atoms with van der Waals surface area (Å²) in [5.41, 5.74) is 1.16. The standard InChI is InChI=1S/C11H8N2.C4H4O4/c1-2-8-4-9-6-12-7-10(9)5-11(8)13-3-1;5-3(6)1-2-4(7)8/h1-7,13H;1-2H,(H,5,6)(H,7,8)/b;2-1-. The zero-order valence-electron chi connectivity index (χ0n) is 10.9. The van der Waals surface area contributed by atoms with Crippen molar-refractivity contribution in [3.8, 4) is 0 Å². The van der Waals surface area contributed by atoms with Gasteiger partial charge < -0.3 is 15.2 Å². The number of pyridine rings is 1. The quantitative estimate of drug-likeness (QED) is 0.627. The molecule has 0 spiro atoms. The summed E-state index contributed by atoms with van der Waals surface area (Å²) in [6.45, 7) is 0. The molecule has 3 aromatic rings. The number of aromatic nitrogens is 2. The third-order valence-corrected chi connectivity index (χ3v) is 2.66. The third kappa shape index (κ3) is 3.90. The van der Waals surface area contributed by atoms with E-state index in [4.69, 9.17) is 10.2 Å². The van der Waals surface area contributed by atoms with Gasteiger partial charge in [-0.05, 0) is 23.6 Å². The van der Waals surface area contributed by atoms with E-state index in [-0.39, 0.29) is 0 Å². The Hall–Kier alpha value is -3.15. The summed E-state index contributed by atoms with van der Waals surface area (Å²) in [4.78, 5) is 26.4. The summed E-state index contributed by atoms with van der Waals surface area (Å²) in [7, 11) is 0. The number of aromatic amines is 1. The largest absolute Gasteiger partial charge is 0.478 e. The topological polar surface area (TPSA) is 103 Å². The molecule has 0 fully saturated rings. The molecule has 0 aliphatic heterocycles. The molecule has 3 N–H and O–H groups in total. The highest BCUT2D eigenvalue weighted by Crippen LogP contribution is 2.20. The van der Waals surface area contributed by atoms with Gasteiger partial charge in [0.05, 0.1) is 0 Å². The predicted octanol–water partition coefficient (Wildman–Crippen LogP) is 2.43. The fraction of sp³-hybridized carbons (Fsp3) is 0. The second-order valence-corrected chi connectivity index (χ2v) is 4.16. The number of nitrogens with one attached hydrogen (secondary N) is 1. The van der Waals surface area contributed by atoms with Crippen LogP contribution >= 0.6 is 0 Å². The molecule has 21 heavy (non-hydrogen) atoms. The van der Waals surface area contributed by atoms with Gasteiger partial charge in [-0.1, -0.05) is 6.07 Å². The molecule has 2 aromatic heterocycles. The lowest BCUT2D eigenvalue weighted by molar-refractivity contribution is -0.134. The number of hydrogen-bond donors (Lipinski definition) is 3. The molecular weight excluding hydrogens is 272 g/mol. The first kappa shape index (κ1) is 14.3. The number of carboxylic acids is 2. The molecule has 0 aliphatic rings. The molecule has 0 aliphatic carbocycles. The first-order chi connectivity index (χ1) is 10.1. The molecule has 106 valence electrons. The van der Waals surface area contributed by atoms with Crippen molar-refractivity contribution in [1.29, 1.82) is 0 Å². The number of aliphatic carboxylic acids is 2. The van der Waals surface area contributed by atoms with Crippen LogP contribution in [0.5, 0.6) is 0 Å². The first-order valence-corrected chi connectivity index (χ1v) is 6.01. The molecule has 0 bridgehead atoms. The van der Waals surface area contributed by atoms with E-state index in [2.05, 4.69) is 28.2 Å².